The summed E-state index contributed by atoms with van der Waals surface area (Å²) in [4.78, 5) is 4.51. The SMILES string of the molecule is Cc1cccc2nc(C[S@@](=O)CCC(C)C)cn12. The highest BCUT2D eigenvalue weighted by atomic mass is 32.2. The van der Waals surface area contributed by atoms with Crippen LogP contribution < -0.4 is 0 Å². The van der Waals surface area contributed by atoms with Crippen LogP contribution in [0.15, 0.2) is 24.4 Å². The summed E-state index contributed by atoms with van der Waals surface area (Å²) in [6.07, 6.45) is 3.01. The average Bonchev–Trinajstić information content (AvgIpc) is 2.70. The number of rotatable bonds is 5. The maximum Gasteiger partial charge on any atom is 0.137 e. The van der Waals surface area contributed by atoms with Crippen LogP contribution in [0.3, 0.4) is 0 Å². The summed E-state index contributed by atoms with van der Waals surface area (Å²) in [5.74, 6) is 1.94. The van der Waals surface area contributed by atoms with Crippen molar-refractivity contribution in [3.63, 3.8) is 0 Å². The van der Waals surface area contributed by atoms with Crippen molar-refractivity contribution in [2.75, 3.05) is 5.75 Å². The van der Waals surface area contributed by atoms with Gasteiger partial charge in [0.15, 0.2) is 0 Å². The van der Waals surface area contributed by atoms with E-state index in [0.29, 0.717) is 11.7 Å². The first-order valence-corrected chi connectivity index (χ1v) is 7.83. The molecule has 0 aliphatic carbocycles. The van der Waals surface area contributed by atoms with Gasteiger partial charge < -0.3 is 4.40 Å². The molecule has 0 amide bonds. The standard InChI is InChI=1S/C14H20N2OS/c1-11(2)7-8-18(17)10-13-9-16-12(3)5-4-6-14(16)15-13/h4-6,9,11H,7-8,10H2,1-3H3/t18-/m0/s1. The lowest BCUT2D eigenvalue weighted by Gasteiger charge is -2.03. The first kappa shape index (κ1) is 13.3. The van der Waals surface area contributed by atoms with E-state index in [1.54, 1.807) is 0 Å². The van der Waals surface area contributed by atoms with Crippen molar-refractivity contribution in [3.05, 3.63) is 35.8 Å². The molecule has 2 rings (SSSR count). The van der Waals surface area contributed by atoms with Crippen molar-refractivity contribution >= 4 is 16.4 Å². The minimum atomic E-state index is -0.801. The predicted octanol–water partition coefficient (Wildman–Crippen LogP) is 2.94. The van der Waals surface area contributed by atoms with Crippen LogP contribution in [0.2, 0.25) is 0 Å². The van der Waals surface area contributed by atoms with Gasteiger partial charge in [-0.1, -0.05) is 19.9 Å². The van der Waals surface area contributed by atoms with Crippen LogP contribution >= 0.6 is 0 Å². The lowest BCUT2D eigenvalue weighted by atomic mass is 10.2. The Morgan fingerprint density at radius 3 is 2.83 bits per heavy atom. The molecule has 2 heterocycles. The van der Waals surface area contributed by atoms with Crippen molar-refractivity contribution in [1.29, 1.82) is 0 Å². The van der Waals surface area contributed by atoms with E-state index in [1.165, 1.54) is 0 Å². The Balaban J connectivity index is 2.08. The van der Waals surface area contributed by atoms with Crippen LogP contribution in [0.5, 0.6) is 0 Å². The predicted molar refractivity (Wildman–Crippen MR) is 76.1 cm³/mol. The molecule has 0 saturated heterocycles. The molecule has 0 N–H and O–H groups in total. The lowest BCUT2D eigenvalue weighted by molar-refractivity contribution is 0.619. The highest BCUT2D eigenvalue weighted by molar-refractivity contribution is 7.84. The largest absolute Gasteiger partial charge is 0.304 e. The van der Waals surface area contributed by atoms with Crippen LogP contribution in [0.1, 0.15) is 31.7 Å². The smallest absolute Gasteiger partial charge is 0.137 e. The van der Waals surface area contributed by atoms with Gasteiger partial charge in [0.05, 0.1) is 11.4 Å². The molecule has 18 heavy (non-hydrogen) atoms. The molecule has 0 spiro atoms. The molecular weight excluding hydrogens is 244 g/mol. The van der Waals surface area contributed by atoms with Crippen LogP contribution in [0.25, 0.3) is 5.65 Å². The molecular formula is C14H20N2OS. The number of pyridine rings is 1. The Kier molecular flexibility index (Phi) is 4.17. The van der Waals surface area contributed by atoms with E-state index in [0.717, 1.165) is 29.2 Å². The normalized spacial score (nSPS) is 13.3. The van der Waals surface area contributed by atoms with Gasteiger partial charge in [-0.15, -0.1) is 0 Å². The second-order valence-corrected chi connectivity index (χ2v) is 6.67. The Morgan fingerprint density at radius 2 is 2.17 bits per heavy atom. The Hall–Kier alpha value is -1.16. The van der Waals surface area contributed by atoms with Gasteiger partial charge in [-0.3, -0.25) is 4.21 Å². The number of nitrogens with zero attached hydrogens (tertiary/aromatic N) is 2. The third-order valence-electron chi connectivity index (χ3n) is 2.98. The number of hydrogen-bond acceptors (Lipinski definition) is 2. The molecule has 98 valence electrons. The Bertz CT molecular complexity index is 560. The van der Waals surface area contributed by atoms with E-state index >= 15 is 0 Å². The number of fused-ring (bicyclic) bond motifs is 1. The third kappa shape index (κ3) is 3.19. The highest BCUT2D eigenvalue weighted by Gasteiger charge is 2.08. The molecule has 0 aromatic carbocycles. The molecule has 0 bridgehead atoms. The number of aromatic nitrogens is 2. The Morgan fingerprint density at radius 1 is 1.39 bits per heavy atom. The van der Waals surface area contributed by atoms with Crippen LogP contribution in [-0.2, 0) is 16.6 Å². The van der Waals surface area contributed by atoms with Gasteiger partial charge in [0, 0.05) is 28.4 Å². The number of imidazole rings is 1. The van der Waals surface area contributed by atoms with E-state index in [1.807, 2.05) is 31.3 Å². The van der Waals surface area contributed by atoms with Gasteiger partial charge in [0.2, 0.25) is 0 Å². The Labute approximate surface area is 111 Å². The van der Waals surface area contributed by atoms with Crippen molar-refractivity contribution in [2.24, 2.45) is 5.92 Å². The quantitative estimate of drug-likeness (QED) is 0.832. The molecule has 0 aliphatic rings. The molecule has 0 aliphatic heterocycles. The van der Waals surface area contributed by atoms with E-state index in [2.05, 4.69) is 23.2 Å². The van der Waals surface area contributed by atoms with Crippen LogP contribution in [0.4, 0.5) is 0 Å². The van der Waals surface area contributed by atoms with Crippen molar-refractivity contribution in [3.8, 4) is 0 Å². The summed E-state index contributed by atoms with van der Waals surface area (Å²) >= 11 is 0. The molecule has 0 saturated carbocycles. The minimum absolute atomic E-state index is 0.563. The topological polar surface area (TPSA) is 34.4 Å². The molecule has 3 nitrogen and oxygen atoms in total. The zero-order valence-electron chi connectivity index (χ0n) is 11.2. The van der Waals surface area contributed by atoms with Gasteiger partial charge in [-0.05, 0) is 31.4 Å². The summed E-state index contributed by atoms with van der Waals surface area (Å²) < 4.78 is 14.0. The number of aryl methyl sites for hydroxylation is 1. The third-order valence-corrected chi connectivity index (χ3v) is 4.29. The molecule has 4 heteroatoms. The fourth-order valence-electron chi connectivity index (χ4n) is 1.87. The highest BCUT2D eigenvalue weighted by Crippen LogP contribution is 2.11. The maximum absolute atomic E-state index is 11.9. The fraction of sp³-hybridized carbons (Fsp3) is 0.500. The van der Waals surface area contributed by atoms with Gasteiger partial charge in [0.25, 0.3) is 0 Å². The van der Waals surface area contributed by atoms with Crippen molar-refractivity contribution < 1.29 is 4.21 Å². The first-order chi connectivity index (χ1) is 8.56. The molecule has 0 fully saturated rings. The summed E-state index contributed by atoms with van der Waals surface area (Å²) in [6.45, 7) is 6.37. The molecule has 0 unspecified atom stereocenters. The van der Waals surface area contributed by atoms with Crippen LogP contribution in [0, 0.1) is 12.8 Å². The summed E-state index contributed by atoms with van der Waals surface area (Å²) in [5.41, 5.74) is 3.01. The van der Waals surface area contributed by atoms with E-state index < -0.39 is 10.8 Å². The molecule has 2 aromatic rings. The zero-order valence-corrected chi connectivity index (χ0v) is 12.0. The summed E-state index contributed by atoms with van der Waals surface area (Å²) in [6, 6.07) is 6.03. The second kappa shape index (κ2) is 5.65. The zero-order chi connectivity index (χ0) is 13.1. The van der Waals surface area contributed by atoms with Crippen molar-refractivity contribution in [2.45, 2.75) is 32.9 Å². The fourth-order valence-corrected chi connectivity index (χ4v) is 3.22. The van der Waals surface area contributed by atoms with E-state index in [9.17, 15) is 4.21 Å². The summed E-state index contributed by atoms with van der Waals surface area (Å²) in [7, 11) is -0.801. The summed E-state index contributed by atoms with van der Waals surface area (Å²) in [5, 5.41) is 0. The van der Waals surface area contributed by atoms with Gasteiger partial charge in [0.1, 0.15) is 5.65 Å². The number of hydrogen-bond donors (Lipinski definition) is 0. The van der Waals surface area contributed by atoms with Gasteiger partial charge >= 0.3 is 0 Å². The minimum Gasteiger partial charge on any atom is -0.304 e. The second-order valence-electron chi connectivity index (χ2n) is 5.10. The maximum atomic E-state index is 11.9. The molecule has 2 aromatic heterocycles. The van der Waals surface area contributed by atoms with Gasteiger partial charge in [-0.2, -0.15) is 0 Å². The lowest BCUT2D eigenvalue weighted by Crippen LogP contribution is -2.04. The molecule has 0 radical (unpaired) electrons. The van der Waals surface area contributed by atoms with E-state index in [-0.39, 0.29) is 0 Å². The van der Waals surface area contributed by atoms with E-state index in [4.69, 9.17) is 0 Å². The first-order valence-electron chi connectivity index (χ1n) is 6.35. The van der Waals surface area contributed by atoms with Gasteiger partial charge in [-0.25, -0.2) is 4.98 Å². The average molecular weight is 264 g/mol. The van der Waals surface area contributed by atoms with Crippen molar-refractivity contribution in [1.82, 2.24) is 9.38 Å². The molecule has 1 atom stereocenters. The monoisotopic (exact) mass is 264 g/mol. The van der Waals surface area contributed by atoms with Crippen LogP contribution in [-0.4, -0.2) is 19.3 Å².